The number of nitrogens with one attached hydrogen (secondary N) is 1. The van der Waals surface area contributed by atoms with E-state index in [0.717, 1.165) is 18.8 Å². The first kappa shape index (κ1) is 24.5. The smallest absolute Gasteiger partial charge is 0.278 e. The maximum absolute atomic E-state index is 13.5. The van der Waals surface area contributed by atoms with Crippen LogP contribution in [0.5, 0.6) is 5.75 Å². The fraction of sp³-hybridized carbons (Fsp3) is 0.345. The third-order valence-corrected chi connectivity index (χ3v) is 7.79. The molecule has 0 radical (unpaired) electrons. The number of hydrogen-bond donors (Lipinski definition) is 1. The Balaban J connectivity index is 1.33. The van der Waals surface area contributed by atoms with Crippen molar-refractivity contribution < 1.29 is 9.53 Å². The lowest BCUT2D eigenvalue weighted by molar-refractivity contribution is -0.121. The number of anilines is 3. The molecule has 0 unspecified atom stereocenters. The summed E-state index contributed by atoms with van der Waals surface area (Å²) in [7, 11) is 2.14. The lowest BCUT2D eigenvalue weighted by Gasteiger charge is -2.38. The van der Waals surface area contributed by atoms with E-state index >= 15 is 0 Å². The second-order valence-electron chi connectivity index (χ2n) is 11.3. The molecule has 204 valence electrons. The lowest BCUT2D eigenvalue weighted by Crippen LogP contribution is -2.40. The number of rotatable bonds is 2. The summed E-state index contributed by atoms with van der Waals surface area (Å²) in [4.78, 5) is 44.1. The van der Waals surface area contributed by atoms with Gasteiger partial charge in [0.05, 0.1) is 6.54 Å². The SMILES string of the molecule is CN1Cc2cc(Nc3ncc4c(=O)n5n(c4n3)-c3ccc4c(n3)N(CCC=CC5)C(=O)CO4)ccc2C(C)(C)C1. The van der Waals surface area contributed by atoms with Crippen molar-refractivity contribution in [3.8, 4) is 11.6 Å². The average molecular weight is 539 g/mol. The minimum Gasteiger partial charge on any atom is -0.480 e. The second kappa shape index (κ2) is 9.02. The highest BCUT2D eigenvalue weighted by Crippen LogP contribution is 2.35. The molecule has 0 aliphatic carbocycles. The molecule has 3 aromatic heterocycles. The molecule has 11 nitrogen and oxygen atoms in total. The molecule has 1 N–H and O–H groups in total. The van der Waals surface area contributed by atoms with Gasteiger partial charge in [-0.2, -0.15) is 4.98 Å². The molecule has 3 aliphatic rings. The molecule has 11 heteroatoms. The quantitative estimate of drug-likeness (QED) is 0.388. The van der Waals surface area contributed by atoms with Crippen LogP contribution < -0.4 is 20.5 Å². The van der Waals surface area contributed by atoms with E-state index in [1.54, 1.807) is 32.6 Å². The summed E-state index contributed by atoms with van der Waals surface area (Å²) in [6.45, 7) is 7.20. The Kier molecular flexibility index (Phi) is 5.53. The summed E-state index contributed by atoms with van der Waals surface area (Å²) >= 11 is 0. The fourth-order valence-corrected chi connectivity index (χ4v) is 6.10. The van der Waals surface area contributed by atoms with E-state index in [9.17, 15) is 9.59 Å². The van der Waals surface area contributed by atoms with Crippen LogP contribution in [0.4, 0.5) is 17.5 Å². The van der Waals surface area contributed by atoms with Gasteiger partial charge in [-0.3, -0.25) is 14.5 Å². The highest BCUT2D eigenvalue weighted by atomic mass is 16.5. The summed E-state index contributed by atoms with van der Waals surface area (Å²) in [6.07, 6.45) is 6.09. The normalized spacial score (nSPS) is 18.1. The standard InChI is InChI=1S/C29H30N8O3/c1-29(2)17-34(3)15-18-13-19(7-8-21(18)29)31-28-30-14-20-25(33-28)37-23-10-9-22-26(32-23)35(24(38)16-40-22)11-5-4-6-12-36(37)27(20)39/h4,6-10,13-14H,5,11-12,15-17H2,1-3H3,(H,30,31,33). The molecule has 1 aromatic carbocycles. The molecule has 0 saturated heterocycles. The van der Waals surface area contributed by atoms with Gasteiger partial charge in [0, 0.05) is 36.9 Å². The highest BCUT2D eigenvalue weighted by molar-refractivity contribution is 5.96. The Morgan fingerprint density at radius 3 is 2.83 bits per heavy atom. The number of fused-ring (bicyclic) bond motifs is 6. The molecule has 3 aliphatic heterocycles. The molecule has 0 saturated carbocycles. The molecule has 7 rings (SSSR count). The van der Waals surface area contributed by atoms with Crippen molar-refractivity contribution in [2.75, 3.05) is 37.0 Å². The molecular formula is C29H30N8O3. The topological polar surface area (TPSA) is 110 Å². The Morgan fingerprint density at radius 2 is 1.95 bits per heavy atom. The Bertz CT molecular complexity index is 1770. The van der Waals surface area contributed by atoms with Crippen LogP contribution in [-0.2, 0) is 23.3 Å². The molecule has 40 heavy (non-hydrogen) atoms. The van der Waals surface area contributed by atoms with Crippen LogP contribution in [-0.4, -0.2) is 61.9 Å². The summed E-state index contributed by atoms with van der Waals surface area (Å²) in [5.74, 6) is 1.68. The molecule has 0 fully saturated rings. The van der Waals surface area contributed by atoms with Gasteiger partial charge in [0.2, 0.25) is 5.95 Å². The van der Waals surface area contributed by atoms with Crippen molar-refractivity contribution in [3.05, 3.63) is 70.2 Å². The van der Waals surface area contributed by atoms with E-state index in [1.807, 2.05) is 12.2 Å². The average Bonchev–Trinajstić information content (AvgIpc) is 3.17. The van der Waals surface area contributed by atoms with Gasteiger partial charge in [-0.1, -0.05) is 32.1 Å². The number of hydrogen-bond acceptors (Lipinski definition) is 8. The number of ether oxygens (including phenoxy) is 1. The summed E-state index contributed by atoms with van der Waals surface area (Å²) in [5, 5.41) is 3.72. The van der Waals surface area contributed by atoms with Gasteiger partial charge in [0.15, 0.2) is 29.6 Å². The van der Waals surface area contributed by atoms with Gasteiger partial charge < -0.3 is 15.0 Å². The molecule has 6 heterocycles. The number of likely N-dealkylation sites (N-methyl/N-ethyl adjacent to an activating group) is 1. The van der Waals surface area contributed by atoms with Crippen molar-refractivity contribution in [1.29, 1.82) is 0 Å². The maximum Gasteiger partial charge on any atom is 0.278 e. The van der Waals surface area contributed by atoms with Crippen LogP contribution in [0.25, 0.3) is 16.9 Å². The molecular weight excluding hydrogens is 508 g/mol. The fourth-order valence-electron chi connectivity index (χ4n) is 6.10. The number of aromatic nitrogens is 5. The largest absolute Gasteiger partial charge is 0.480 e. The first-order valence-electron chi connectivity index (χ1n) is 13.5. The Morgan fingerprint density at radius 1 is 1.07 bits per heavy atom. The van der Waals surface area contributed by atoms with Crippen LogP contribution in [0.15, 0.2) is 53.5 Å². The number of benzene rings is 1. The van der Waals surface area contributed by atoms with Crippen molar-refractivity contribution >= 4 is 34.4 Å². The van der Waals surface area contributed by atoms with Crippen LogP contribution in [0.3, 0.4) is 0 Å². The third-order valence-electron chi connectivity index (χ3n) is 7.79. The van der Waals surface area contributed by atoms with Crippen molar-refractivity contribution in [3.63, 3.8) is 0 Å². The predicted molar refractivity (Wildman–Crippen MR) is 152 cm³/mol. The first-order valence-corrected chi connectivity index (χ1v) is 13.5. The van der Waals surface area contributed by atoms with Crippen molar-refractivity contribution in [1.82, 2.24) is 29.2 Å². The minimum atomic E-state index is -0.215. The van der Waals surface area contributed by atoms with E-state index in [-0.39, 0.29) is 23.5 Å². The minimum absolute atomic E-state index is 0.0202. The Hall–Kier alpha value is -4.51. The predicted octanol–water partition coefficient (Wildman–Crippen LogP) is 3.13. The number of pyridine rings is 1. The maximum atomic E-state index is 13.5. The van der Waals surface area contributed by atoms with E-state index < -0.39 is 0 Å². The van der Waals surface area contributed by atoms with Crippen molar-refractivity contribution in [2.45, 2.75) is 38.8 Å². The zero-order valence-corrected chi connectivity index (χ0v) is 22.7. The third kappa shape index (κ3) is 3.96. The van der Waals surface area contributed by atoms with Gasteiger partial charge >= 0.3 is 0 Å². The van der Waals surface area contributed by atoms with Crippen LogP contribution in [0.1, 0.15) is 31.4 Å². The zero-order valence-electron chi connectivity index (χ0n) is 22.7. The van der Waals surface area contributed by atoms with Gasteiger partial charge in [-0.05, 0) is 48.9 Å². The lowest BCUT2D eigenvalue weighted by atomic mass is 9.78. The number of nitrogens with zero attached hydrogens (tertiary/aromatic N) is 7. The number of allylic oxidation sites excluding steroid dienone is 1. The van der Waals surface area contributed by atoms with Crippen LogP contribution >= 0.6 is 0 Å². The Labute approximate surface area is 230 Å². The summed E-state index contributed by atoms with van der Waals surface area (Å²) < 4.78 is 8.92. The van der Waals surface area contributed by atoms with E-state index in [1.165, 1.54) is 11.1 Å². The molecule has 1 amide bonds. The van der Waals surface area contributed by atoms with Crippen LogP contribution in [0, 0.1) is 0 Å². The van der Waals surface area contributed by atoms with E-state index in [2.05, 4.69) is 54.3 Å². The number of carbonyl (C=O) groups excluding carboxylic acids is 1. The summed E-state index contributed by atoms with van der Waals surface area (Å²) in [6, 6.07) is 9.94. The van der Waals surface area contributed by atoms with Gasteiger partial charge in [-0.15, -0.1) is 0 Å². The van der Waals surface area contributed by atoms with Crippen molar-refractivity contribution in [2.24, 2.45) is 0 Å². The van der Waals surface area contributed by atoms with Gasteiger partial charge in [-0.25, -0.2) is 19.3 Å². The molecule has 0 spiro atoms. The first-order chi connectivity index (χ1) is 19.3. The monoisotopic (exact) mass is 538 g/mol. The van der Waals surface area contributed by atoms with E-state index in [4.69, 9.17) is 14.7 Å². The molecule has 4 aromatic rings. The second-order valence-corrected chi connectivity index (χ2v) is 11.3. The highest BCUT2D eigenvalue weighted by Gasteiger charge is 2.31. The molecule has 2 bridgehead atoms. The van der Waals surface area contributed by atoms with Gasteiger partial charge in [0.25, 0.3) is 11.5 Å². The molecule has 0 atom stereocenters. The van der Waals surface area contributed by atoms with Gasteiger partial charge in [0.1, 0.15) is 5.39 Å². The summed E-state index contributed by atoms with van der Waals surface area (Å²) in [5.41, 5.74) is 3.77. The van der Waals surface area contributed by atoms with E-state index in [0.29, 0.717) is 53.9 Å². The number of carbonyl (C=O) groups is 1. The van der Waals surface area contributed by atoms with Crippen LogP contribution in [0.2, 0.25) is 0 Å². The zero-order chi connectivity index (χ0) is 27.6. The number of amides is 1.